The van der Waals surface area contributed by atoms with Crippen LogP contribution in [0.25, 0.3) is 11.0 Å². The third kappa shape index (κ3) is 2.14. The molecule has 1 N–H and O–H groups in total. The van der Waals surface area contributed by atoms with E-state index in [2.05, 4.69) is 50.4 Å². The first-order valence-corrected chi connectivity index (χ1v) is 6.97. The molecule has 0 aliphatic rings. The third-order valence-corrected chi connectivity index (χ3v) is 3.62. The lowest BCUT2D eigenvalue weighted by Crippen LogP contribution is -2.21. The number of aryl methyl sites for hydroxylation is 2. The Morgan fingerprint density at radius 1 is 1.15 bits per heavy atom. The van der Waals surface area contributed by atoms with Crippen LogP contribution in [0.4, 0.5) is 0 Å². The van der Waals surface area contributed by atoms with Crippen molar-refractivity contribution < 1.29 is 8.83 Å². The molecule has 1 atom stereocenters. The van der Waals surface area contributed by atoms with Gasteiger partial charge in [0.25, 0.3) is 0 Å². The molecule has 3 rings (SSSR count). The maximum Gasteiger partial charge on any atom is 0.137 e. The van der Waals surface area contributed by atoms with E-state index in [1.165, 1.54) is 0 Å². The van der Waals surface area contributed by atoms with E-state index < -0.39 is 0 Å². The van der Waals surface area contributed by atoms with Crippen LogP contribution < -0.4 is 5.32 Å². The van der Waals surface area contributed by atoms with Crippen LogP contribution in [0.5, 0.6) is 0 Å². The van der Waals surface area contributed by atoms with Gasteiger partial charge in [0, 0.05) is 5.39 Å². The highest BCUT2D eigenvalue weighted by molar-refractivity contribution is 5.81. The second kappa shape index (κ2) is 5.17. The van der Waals surface area contributed by atoms with Gasteiger partial charge in [-0.1, -0.05) is 25.1 Å². The molecule has 0 radical (unpaired) electrons. The lowest BCUT2D eigenvalue weighted by Gasteiger charge is -2.13. The average Bonchev–Trinajstić information content (AvgIpc) is 3.03. The maximum atomic E-state index is 6.07. The van der Waals surface area contributed by atoms with Gasteiger partial charge in [-0.15, -0.1) is 0 Å². The summed E-state index contributed by atoms with van der Waals surface area (Å²) in [7, 11) is 0. The predicted molar refractivity (Wildman–Crippen MR) is 79.9 cm³/mol. The summed E-state index contributed by atoms with van der Waals surface area (Å²) < 4.78 is 11.7. The van der Waals surface area contributed by atoms with Crippen molar-refractivity contribution in [2.75, 3.05) is 6.54 Å². The zero-order valence-electron chi connectivity index (χ0n) is 12.1. The lowest BCUT2D eigenvalue weighted by molar-refractivity contribution is 0.401. The Labute approximate surface area is 118 Å². The fourth-order valence-electron chi connectivity index (χ4n) is 2.58. The van der Waals surface area contributed by atoms with Gasteiger partial charge in [0.2, 0.25) is 0 Å². The molecule has 0 saturated heterocycles. The number of hydrogen-bond donors (Lipinski definition) is 1. The van der Waals surface area contributed by atoms with Gasteiger partial charge >= 0.3 is 0 Å². The topological polar surface area (TPSA) is 38.3 Å². The molecule has 0 spiro atoms. The summed E-state index contributed by atoms with van der Waals surface area (Å²) in [6.45, 7) is 7.05. The third-order valence-electron chi connectivity index (χ3n) is 3.62. The molecule has 2 aromatic heterocycles. The molecule has 3 heteroatoms. The Balaban J connectivity index is 2.10. The van der Waals surface area contributed by atoms with Crippen molar-refractivity contribution in [3.63, 3.8) is 0 Å². The van der Waals surface area contributed by atoms with E-state index in [9.17, 15) is 0 Å². The largest absolute Gasteiger partial charge is 0.467 e. The van der Waals surface area contributed by atoms with Crippen LogP contribution in [-0.2, 0) is 0 Å². The van der Waals surface area contributed by atoms with Crippen LogP contribution in [0.15, 0.2) is 45.4 Å². The van der Waals surface area contributed by atoms with Crippen LogP contribution in [0.2, 0.25) is 0 Å². The Morgan fingerprint density at radius 3 is 2.65 bits per heavy atom. The minimum Gasteiger partial charge on any atom is -0.467 e. The van der Waals surface area contributed by atoms with Crippen molar-refractivity contribution in [1.29, 1.82) is 0 Å². The monoisotopic (exact) mass is 269 g/mol. The highest BCUT2D eigenvalue weighted by atomic mass is 16.4. The molecule has 1 unspecified atom stereocenters. The Kier molecular flexibility index (Phi) is 3.36. The molecular weight excluding hydrogens is 250 g/mol. The van der Waals surface area contributed by atoms with Crippen molar-refractivity contribution in [1.82, 2.24) is 5.32 Å². The van der Waals surface area contributed by atoms with Crippen LogP contribution in [0.1, 0.15) is 35.6 Å². The second-order valence-corrected chi connectivity index (χ2v) is 5.10. The highest BCUT2D eigenvalue weighted by Crippen LogP contribution is 2.31. The molecule has 0 saturated carbocycles. The lowest BCUT2D eigenvalue weighted by atomic mass is 10.1. The molecule has 1 aromatic carbocycles. The number of furan rings is 2. The molecule has 0 fully saturated rings. The molecule has 0 aliphatic carbocycles. The summed E-state index contributed by atoms with van der Waals surface area (Å²) in [6.07, 6.45) is 1.73. The summed E-state index contributed by atoms with van der Waals surface area (Å²) in [5.74, 6) is 1.82. The van der Waals surface area contributed by atoms with E-state index in [1.807, 2.05) is 6.07 Å². The molecule has 3 aromatic rings. The van der Waals surface area contributed by atoms with Crippen LogP contribution in [0, 0.1) is 13.8 Å². The fourth-order valence-corrected chi connectivity index (χ4v) is 2.58. The second-order valence-electron chi connectivity index (χ2n) is 5.10. The van der Waals surface area contributed by atoms with Gasteiger partial charge in [-0.3, -0.25) is 0 Å². The first-order chi connectivity index (χ1) is 9.70. The van der Waals surface area contributed by atoms with E-state index in [0.717, 1.165) is 40.2 Å². The minimum atomic E-state index is -0.0400. The van der Waals surface area contributed by atoms with Gasteiger partial charge in [-0.05, 0) is 43.7 Å². The standard InChI is InChI=1S/C17H19NO2/c1-4-18-15(17-12(3)8-9-19-17)14-10-13-7-5-6-11(2)16(13)20-14/h5-10,15,18H,4H2,1-3H3. The van der Waals surface area contributed by atoms with Crippen LogP contribution >= 0.6 is 0 Å². The number of rotatable bonds is 4. The first-order valence-electron chi connectivity index (χ1n) is 6.97. The van der Waals surface area contributed by atoms with E-state index in [-0.39, 0.29) is 6.04 Å². The number of hydrogen-bond acceptors (Lipinski definition) is 3. The van der Waals surface area contributed by atoms with Gasteiger partial charge in [0.15, 0.2) is 0 Å². The van der Waals surface area contributed by atoms with E-state index in [1.54, 1.807) is 6.26 Å². The van der Waals surface area contributed by atoms with Gasteiger partial charge in [0.05, 0.1) is 6.26 Å². The van der Waals surface area contributed by atoms with Crippen molar-refractivity contribution in [2.24, 2.45) is 0 Å². The van der Waals surface area contributed by atoms with Gasteiger partial charge in [-0.25, -0.2) is 0 Å². The molecule has 20 heavy (non-hydrogen) atoms. The Bertz CT molecular complexity index is 724. The van der Waals surface area contributed by atoms with Gasteiger partial charge in [-0.2, -0.15) is 0 Å². The summed E-state index contributed by atoms with van der Waals surface area (Å²) in [5.41, 5.74) is 3.24. The number of benzene rings is 1. The molecule has 3 nitrogen and oxygen atoms in total. The SMILES string of the molecule is CCNC(c1cc2cccc(C)c2o1)c1occc1C. The first kappa shape index (κ1) is 13.0. The fraction of sp³-hybridized carbons (Fsp3) is 0.294. The normalized spacial score (nSPS) is 12.9. The van der Waals surface area contributed by atoms with Gasteiger partial charge < -0.3 is 14.2 Å². The number of para-hydroxylation sites is 1. The van der Waals surface area contributed by atoms with Crippen molar-refractivity contribution >= 4 is 11.0 Å². The number of fused-ring (bicyclic) bond motifs is 1. The molecule has 0 aliphatic heterocycles. The highest BCUT2D eigenvalue weighted by Gasteiger charge is 2.22. The Hall–Kier alpha value is -2.00. The predicted octanol–water partition coefficient (Wildman–Crippen LogP) is 4.34. The summed E-state index contributed by atoms with van der Waals surface area (Å²) >= 11 is 0. The zero-order valence-corrected chi connectivity index (χ0v) is 12.1. The maximum absolute atomic E-state index is 6.07. The molecule has 2 heterocycles. The Morgan fingerprint density at radius 2 is 2.00 bits per heavy atom. The van der Waals surface area contributed by atoms with E-state index in [4.69, 9.17) is 8.83 Å². The van der Waals surface area contributed by atoms with Crippen LogP contribution in [0.3, 0.4) is 0 Å². The van der Waals surface area contributed by atoms with Crippen molar-refractivity contribution in [3.05, 3.63) is 59.2 Å². The molecular formula is C17H19NO2. The quantitative estimate of drug-likeness (QED) is 0.765. The smallest absolute Gasteiger partial charge is 0.137 e. The van der Waals surface area contributed by atoms with E-state index >= 15 is 0 Å². The molecule has 104 valence electrons. The van der Waals surface area contributed by atoms with Gasteiger partial charge in [0.1, 0.15) is 23.1 Å². The van der Waals surface area contributed by atoms with Crippen LogP contribution in [-0.4, -0.2) is 6.54 Å². The summed E-state index contributed by atoms with van der Waals surface area (Å²) in [6, 6.07) is 10.2. The average molecular weight is 269 g/mol. The molecule has 0 bridgehead atoms. The molecule has 0 amide bonds. The van der Waals surface area contributed by atoms with Crippen molar-refractivity contribution in [2.45, 2.75) is 26.8 Å². The summed E-state index contributed by atoms with van der Waals surface area (Å²) in [5, 5.41) is 4.57. The summed E-state index contributed by atoms with van der Waals surface area (Å²) in [4.78, 5) is 0. The number of nitrogens with one attached hydrogen (secondary N) is 1. The minimum absolute atomic E-state index is 0.0400. The zero-order chi connectivity index (χ0) is 14.1. The van der Waals surface area contributed by atoms with E-state index in [0.29, 0.717) is 0 Å². The van der Waals surface area contributed by atoms with Crippen molar-refractivity contribution in [3.8, 4) is 0 Å².